The Bertz CT molecular complexity index is 314. The minimum Gasteiger partial charge on any atom is -0.468 e. The first-order valence-electron chi connectivity index (χ1n) is 4.36. The molecule has 0 fully saturated rings. The number of halogens is 3. The van der Waals surface area contributed by atoms with Crippen LogP contribution < -0.4 is 10.5 Å². The first-order chi connectivity index (χ1) is 7.03. The maximum absolute atomic E-state index is 11.9. The molecule has 2 N–H and O–H groups in total. The zero-order chi connectivity index (χ0) is 11.3. The van der Waals surface area contributed by atoms with Crippen LogP contribution in [0.3, 0.4) is 0 Å². The molecule has 0 saturated carbocycles. The van der Waals surface area contributed by atoms with Crippen molar-refractivity contribution in [1.82, 2.24) is 4.98 Å². The van der Waals surface area contributed by atoms with Gasteiger partial charge in [0.2, 0.25) is 5.88 Å². The number of hydrogen-bond donors (Lipinski definition) is 1. The molecule has 0 saturated heterocycles. The summed E-state index contributed by atoms with van der Waals surface area (Å²) < 4.78 is 40.2. The van der Waals surface area contributed by atoms with Gasteiger partial charge in [-0.15, -0.1) is 0 Å². The van der Waals surface area contributed by atoms with Crippen LogP contribution >= 0.6 is 0 Å². The summed E-state index contributed by atoms with van der Waals surface area (Å²) in [6, 6.07) is 3.27. The monoisotopic (exact) mass is 220 g/mol. The van der Waals surface area contributed by atoms with Crippen molar-refractivity contribution in [1.29, 1.82) is 0 Å². The van der Waals surface area contributed by atoms with Gasteiger partial charge in [-0.2, -0.15) is 13.2 Å². The number of nitrogens with two attached hydrogens (primary N) is 1. The topological polar surface area (TPSA) is 48.1 Å². The highest BCUT2D eigenvalue weighted by molar-refractivity contribution is 5.25. The number of hydrogen-bond acceptors (Lipinski definition) is 3. The highest BCUT2D eigenvalue weighted by atomic mass is 19.4. The van der Waals surface area contributed by atoms with E-state index in [1.807, 2.05) is 0 Å². The lowest BCUT2D eigenvalue weighted by molar-refractivity contribution is -0.154. The van der Waals surface area contributed by atoms with Crippen molar-refractivity contribution in [2.75, 3.05) is 13.2 Å². The summed E-state index contributed by atoms with van der Waals surface area (Å²) >= 11 is 0. The third-order valence-corrected chi connectivity index (χ3v) is 1.64. The largest absolute Gasteiger partial charge is 0.468 e. The van der Waals surface area contributed by atoms with Gasteiger partial charge in [0.05, 0.1) is 0 Å². The lowest BCUT2D eigenvalue weighted by atomic mass is 10.2. The van der Waals surface area contributed by atoms with Crippen molar-refractivity contribution in [2.24, 2.45) is 5.73 Å². The van der Waals surface area contributed by atoms with Crippen molar-refractivity contribution in [3.8, 4) is 5.88 Å². The minimum absolute atomic E-state index is 0.000255. The van der Waals surface area contributed by atoms with E-state index in [2.05, 4.69) is 9.72 Å². The molecule has 0 aliphatic carbocycles. The Morgan fingerprint density at radius 3 is 2.73 bits per heavy atom. The Hall–Kier alpha value is -1.30. The number of alkyl halides is 3. The van der Waals surface area contributed by atoms with Crippen LogP contribution in [0, 0.1) is 0 Å². The van der Waals surface area contributed by atoms with Gasteiger partial charge in [-0.25, -0.2) is 4.98 Å². The second-order valence-corrected chi connectivity index (χ2v) is 2.91. The number of nitrogens with zero attached hydrogens (tertiary/aromatic N) is 1. The van der Waals surface area contributed by atoms with E-state index >= 15 is 0 Å². The average Bonchev–Trinajstić information content (AvgIpc) is 2.16. The van der Waals surface area contributed by atoms with Crippen LogP contribution in [0.4, 0.5) is 13.2 Å². The van der Waals surface area contributed by atoms with Gasteiger partial charge in [0.1, 0.15) is 0 Å². The summed E-state index contributed by atoms with van der Waals surface area (Å²) in [5.41, 5.74) is 5.89. The summed E-state index contributed by atoms with van der Waals surface area (Å²) in [5, 5.41) is 0. The first kappa shape index (κ1) is 11.8. The van der Waals surface area contributed by atoms with Crippen molar-refractivity contribution < 1.29 is 17.9 Å². The fourth-order valence-corrected chi connectivity index (χ4v) is 1.05. The molecule has 0 unspecified atom stereocenters. The van der Waals surface area contributed by atoms with Crippen LogP contribution in [0.15, 0.2) is 18.3 Å². The third kappa shape index (κ3) is 4.16. The summed E-state index contributed by atoms with van der Waals surface area (Å²) in [7, 11) is 0. The number of pyridine rings is 1. The normalized spacial score (nSPS) is 11.5. The van der Waals surface area contributed by atoms with Crippen LogP contribution in [-0.2, 0) is 6.42 Å². The highest BCUT2D eigenvalue weighted by Gasteiger charge is 2.29. The van der Waals surface area contributed by atoms with E-state index in [0.29, 0.717) is 18.5 Å². The predicted octanol–water partition coefficient (Wildman–Crippen LogP) is 1.52. The molecule has 6 heteroatoms. The first-order valence-corrected chi connectivity index (χ1v) is 4.36. The van der Waals surface area contributed by atoms with Gasteiger partial charge < -0.3 is 10.5 Å². The quantitative estimate of drug-likeness (QED) is 0.836. The van der Waals surface area contributed by atoms with E-state index in [9.17, 15) is 13.2 Å². The van der Waals surface area contributed by atoms with Crippen molar-refractivity contribution in [3.63, 3.8) is 0 Å². The van der Waals surface area contributed by atoms with E-state index in [1.54, 1.807) is 12.1 Å². The molecule has 0 radical (unpaired) electrons. The van der Waals surface area contributed by atoms with Crippen molar-refractivity contribution in [3.05, 3.63) is 23.9 Å². The molecule has 0 atom stereocenters. The summed E-state index contributed by atoms with van der Waals surface area (Å²) in [4.78, 5) is 3.72. The maximum Gasteiger partial charge on any atom is 0.422 e. The van der Waals surface area contributed by atoms with Crippen molar-refractivity contribution in [2.45, 2.75) is 12.6 Å². The van der Waals surface area contributed by atoms with Crippen LogP contribution in [0.1, 0.15) is 5.56 Å². The molecule has 0 aromatic carbocycles. The van der Waals surface area contributed by atoms with Gasteiger partial charge in [0, 0.05) is 11.8 Å². The second-order valence-electron chi connectivity index (χ2n) is 2.91. The SMILES string of the molecule is NCCc1cccnc1OCC(F)(F)F. The van der Waals surface area contributed by atoms with Gasteiger partial charge in [-0.05, 0) is 19.0 Å². The van der Waals surface area contributed by atoms with Crippen LogP contribution in [0.2, 0.25) is 0 Å². The Balaban J connectivity index is 2.67. The van der Waals surface area contributed by atoms with Gasteiger partial charge in [-0.1, -0.05) is 6.07 Å². The molecule has 0 aliphatic heterocycles. The molecule has 1 aromatic heterocycles. The molecular formula is C9H11F3N2O. The molecule has 0 amide bonds. The molecule has 15 heavy (non-hydrogen) atoms. The summed E-state index contributed by atoms with van der Waals surface area (Å²) in [6.45, 7) is -0.990. The fourth-order valence-electron chi connectivity index (χ4n) is 1.05. The highest BCUT2D eigenvalue weighted by Crippen LogP contribution is 2.19. The smallest absolute Gasteiger partial charge is 0.422 e. The lowest BCUT2D eigenvalue weighted by Crippen LogP contribution is -2.20. The molecule has 0 spiro atoms. The van der Waals surface area contributed by atoms with E-state index in [1.165, 1.54) is 6.20 Å². The molecule has 1 aromatic rings. The van der Waals surface area contributed by atoms with E-state index < -0.39 is 12.8 Å². The van der Waals surface area contributed by atoms with Crippen LogP contribution in [0.5, 0.6) is 5.88 Å². The Morgan fingerprint density at radius 1 is 1.40 bits per heavy atom. The fraction of sp³-hybridized carbons (Fsp3) is 0.444. The van der Waals surface area contributed by atoms with Gasteiger partial charge >= 0.3 is 6.18 Å². The van der Waals surface area contributed by atoms with Gasteiger partial charge in [0.25, 0.3) is 0 Å². The number of aromatic nitrogens is 1. The lowest BCUT2D eigenvalue weighted by Gasteiger charge is -2.11. The third-order valence-electron chi connectivity index (χ3n) is 1.64. The van der Waals surface area contributed by atoms with Crippen molar-refractivity contribution >= 4 is 0 Å². The zero-order valence-electron chi connectivity index (χ0n) is 7.92. The standard InChI is InChI=1S/C9H11F3N2O/c10-9(11,12)6-15-8-7(3-4-13)2-1-5-14-8/h1-2,5H,3-4,6,13H2. The van der Waals surface area contributed by atoms with E-state index in [-0.39, 0.29) is 5.88 Å². The number of ether oxygens (including phenoxy) is 1. The zero-order valence-corrected chi connectivity index (χ0v) is 7.92. The second kappa shape index (κ2) is 4.97. The molecule has 0 bridgehead atoms. The van der Waals surface area contributed by atoms with Gasteiger partial charge in [0.15, 0.2) is 6.61 Å². The van der Waals surface area contributed by atoms with Crippen LogP contribution in [-0.4, -0.2) is 24.3 Å². The molecular weight excluding hydrogens is 209 g/mol. The van der Waals surface area contributed by atoms with E-state index in [4.69, 9.17) is 5.73 Å². The molecule has 1 rings (SSSR count). The summed E-state index contributed by atoms with van der Waals surface area (Å²) in [5.74, 6) is 0.000255. The number of rotatable bonds is 4. The Labute approximate surface area is 85.1 Å². The average molecular weight is 220 g/mol. The minimum atomic E-state index is -4.35. The van der Waals surface area contributed by atoms with Crippen LogP contribution in [0.25, 0.3) is 0 Å². The molecule has 0 aliphatic rings. The molecule has 3 nitrogen and oxygen atoms in total. The maximum atomic E-state index is 11.9. The Morgan fingerprint density at radius 2 is 2.13 bits per heavy atom. The molecule has 1 heterocycles. The molecule has 84 valence electrons. The Kier molecular flexibility index (Phi) is 3.90. The van der Waals surface area contributed by atoms with Gasteiger partial charge in [-0.3, -0.25) is 0 Å². The summed E-state index contributed by atoms with van der Waals surface area (Å²) in [6.07, 6.45) is -2.52. The predicted molar refractivity (Wildman–Crippen MR) is 48.5 cm³/mol. The van der Waals surface area contributed by atoms with E-state index in [0.717, 1.165) is 0 Å².